The monoisotopic (exact) mass is 230 g/mol. The summed E-state index contributed by atoms with van der Waals surface area (Å²) in [6.07, 6.45) is 1.02. The van der Waals surface area contributed by atoms with E-state index in [0.717, 1.165) is 6.20 Å². The molecule has 0 saturated heterocycles. The Bertz CT molecular complexity index is 324. The number of nitrogens with two attached hydrogens (primary N) is 1. The van der Waals surface area contributed by atoms with Gasteiger partial charge in [0.25, 0.3) is 0 Å². The van der Waals surface area contributed by atoms with Crippen LogP contribution in [0.4, 0.5) is 16.2 Å². The smallest absolute Gasteiger partial charge is 0.222 e. The Hall–Kier alpha value is -1.47. The van der Waals surface area contributed by atoms with Gasteiger partial charge in [0.1, 0.15) is 0 Å². The highest BCUT2D eigenvalue weighted by Crippen LogP contribution is 2.09. The quantitative estimate of drug-likeness (QED) is 0.654. The summed E-state index contributed by atoms with van der Waals surface area (Å²) in [5.74, 6) is -0.418. The number of ether oxygens (including phenoxy) is 2. The second-order valence-electron chi connectivity index (χ2n) is 2.96. The van der Waals surface area contributed by atoms with Crippen LogP contribution in [0.25, 0.3) is 0 Å². The van der Waals surface area contributed by atoms with E-state index in [0.29, 0.717) is 26.4 Å². The second kappa shape index (κ2) is 6.91. The molecule has 0 aliphatic heterocycles. The number of nitrogens with zero attached hydrogens (tertiary/aromatic N) is 2. The fourth-order valence-electron chi connectivity index (χ4n) is 0.991. The highest BCUT2D eigenvalue weighted by molar-refractivity contribution is 5.38. The Morgan fingerprint density at radius 2 is 2.25 bits per heavy atom. The van der Waals surface area contributed by atoms with Crippen LogP contribution in [-0.2, 0) is 9.47 Å². The Kier molecular flexibility index (Phi) is 5.44. The van der Waals surface area contributed by atoms with Gasteiger partial charge in [-0.3, -0.25) is 0 Å². The summed E-state index contributed by atoms with van der Waals surface area (Å²) >= 11 is 0. The van der Waals surface area contributed by atoms with Gasteiger partial charge in [-0.1, -0.05) is 0 Å². The zero-order valence-corrected chi connectivity index (χ0v) is 9.07. The molecule has 0 spiro atoms. The van der Waals surface area contributed by atoms with Gasteiger partial charge in [0.2, 0.25) is 5.95 Å². The molecule has 1 aromatic heterocycles. The maximum atomic E-state index is 13.1. The SMILES string of the molecule is COCCOCCNc1nc(N)ncc1F. The van der Waals surface area contributed by atoms with Crippen LogP contribution in [0.1, 0.15) is 0 Å². The normalized spacial score (nSPS) is 10.4. The van der Waals surface area contributed by atoms with Crippen molar-refractivity contribution < 1.29 is 13.9 Å². The molecule has 7 heteroatoms. The zero-order chi connectivity index (χ0) is 11.8. The van der Waals surface area contributed by atoms with E-state index in [1.807, 2.05) is 0 Å². The van der Waals surface area contributed by atoms with Crippen LogP contribution in [0.15, 0.2) is 6.20 Å². The minimum Gasteiger partial charge on any atom is -0.382 e. The van der Waals surface area contributed by atoms with Crippen LogP contribution in [0.3, 0.4) is 0 Å². The Morgan fingerprint density at radius 3 is 3.00 bits per heavy atom. The van der Waals surface area contributed by atoms with Crippen molar-refractivity contribution in [3.8, 4) is 0 Å². The number of aromatic nitrogens is 2. The molecule has 0 unspecified atom stereocenters. The van der Waals surface area contributed by atoms with E-state index in [-0.39, 0.29) is 11.8 Å². The number of anilines is 2. The van der Waals surface area contributed by atoms with Crippen molar-refractivity contribution in [2.45, 2.75) is 0 Å². The van der Waals surface area contributed by atoms with Crippen LogP contribution in [-0.4, -0.2) is 43.4 Å². The van der Waals surface area contributed by atoms with Gasteiger partial charge < -0.3 is 20.5 Å². The maximum Gasteiger partial charge on any atom is 0.222 e. The minimum absolute atomic E-state index is 0.0317. The standard InChI is InChI=1S/C9H15FN4O2/c1-15-4-5-16-3-2-12-8-7(10)6-13-9(11)14-8/h6H,2-5H2,1H3,(H3,11,12,13,14). The molecule has 1 heterocycles. The molecule has 0 saturated carbocycles. The lowest BCUT2D eigenvalue weighted by atomic mass is 10.5. The third kappa shape index (κ3) is 4.37. The molecule has 0 radical (unpaired) electrons. The fourth-order valence-corrected chi connectivity index (χ4v) is 0.991. The van der Waals surface area contributed by atoms with E-state index in [1.54, 1.807) is 7.11 Å². The van der Waals surface area contributed by atoms with E-state index in [2.05, 4.69) is 15.3 Å². The van der Waals surface area contributed by atoms with Crippen molar-refractivity contribution in [3.63, 3.8) is 0 Å². The highest BCUT2D eigenvalue weighted by Gasteiger charge is 2.03. The first-order valence-corrected chi connectivity index (χ1v) is 4.82. The molecule has 0 amide bonds. The molecule has 1 rings (SSSR count). The zero-order valence-electron chi connectivity index (χ0n) is 9.07. The number of hydrogen-bond donors (Lipinski definition) is 2. The molecule has 0 aliphatic carbocycles. The molecule has 90 valence electrons. The molecule has 0 bridgehead atoms. The third-order valence-corrected chi connectivity index (χ3v) is 1.73. The van der Waals surface area contributed by atoms with Crippen molar-refractivity contribution in [1.82, 2.24) is 9.97 Å². The summed E-state index contributed by atoms with van der Waals surface area (Å²) in [6.45, 7) is 1.92. The molecule has 1 aromatic rings. The highest BCUT2D eigenvalue weighted by atomic mass is 19.1. The van der Waals surface area contributed by atoms with Crippen LogP contribution in [0, 0.1) is 5.82 Å². The van der Waals surface area contributed by atoms with E-state index < -0.39 is 5.82 Å². The van der Waals surface area contributed by atoms with Crippen molar-refractivity contribution in [2.75, 3.05) is 44.5 Å². The van der Waals surface area contributed by atoms with Crippen molar-refractivity contribution in [2.24, 2.45) is 0 Å². The summed E-state index contributed by atoms with van der Waals surface area (Å²) < 4.78 is 23.1. The molecule has 0 fully saturated rings. The van der Waals surface area contributed by atoms with Crippen LogP contribution in [0.5, 0.6) is 0 Å². The molecule has 0 aliphatic rings. The molecule has 16 heavy (non-hydrogen) atoms. The van der Waals surface area contributed by atoms with Crippen LogP contribution in [0.2, 0.25) is 0 Å². The largest absolute Gasteiger partial charge is 0.382 e. The van der Waals surface area contributed by atoms with E-state index in [4.69, 9.17) is 15.2 Å². The van der Waals surface area contributed by atoms with Gasteiger partial charge in [0.15, 0.2) is 11.6 Å². The third-order valence-electron chi connectivity index (χ3n) is 1.73. The van der Waals surface area contributed by atoms with Gasteiger partial charge in [0.05, 0.1) is 26.0 Å². The molecular formula is C9H15FN4O2. The minimum atomic E-state index is -0.536. The number of hydrogen-bond acceptors (Lipinski definition) is 6. The summed E-state index contributed by atoms with van der Waals surface area (Å²) in [5.41, 5.74) is 5.32. The second-order valence-corrected chi connectivity index (χ2v) is 2.96. The van der Waals surface area contributed by atoms with Crippen LogP contribution >= 0.6 is 0 Å². The Morgan fingerprint density at radius 1 is 1.44 bits per heavy atom. The van der Waals surface area contributed by atoms with Gasteiger partial charge in [-0.2, -0.15) is 4.98 Å². The van der Waals surface area contributed by atoms with Gasteiger partial charge in [0, 0.05) is 13.7 Å². The van der Waals surface area contributed by atoms with Crippen molar-refractivity contribution in [1.29, 1.82) is 0 Å². The summed E-state index contributed by atoms with van der Waals surface area (Å²) in [6, 6.07) is 0. The molecular weight excluding hydrogens is 215 g/mol. The van der Waals surface area contributed by atoms with E-state index in [1.165, 1.54) is 0 Å². The average molecular weight is 230 g/mol. The first kappa shape index (κ1) is 12.6. The van der Waals surface area contributed by atoms with E-state index in [9.17, 15) is 4.39 Å². The molecule has 0 atom stereocenters. The lowest BCUT2D eigenvalue weighted by molar-refractivity contribution is 0.0759. The Balaban J connectivity index is 2.23. The molecule has 3 N–H and O–H groups in total. The number of nitrogen functional groups attached to an aromatic ring is 1. The fraction of sp³-hybridized carbons (Fsp3) is 0.556. The maximum absolute atomic E-state index is 13.1. The predicted octanol–water partition coefficient (Wildman–Crippen LogP) is 0.273. The van der Waals surface area contributed by atoms with Crippen molar-refractivity contribution >= 4 is 11.8 Å². The summed E-state index contributed by atoms with van der Waals surface area (Å²) in [7, 11) is 1.60. The molecule has 0 aromatic carbocycles. The number of methoxy groups -OCH3 is 1. The van der Waals surface area contributed by atoms with Gasteiger partial charge in [-0.05, 0) is 0 Å². The first-order valence-electron chi connectivity index (χ1n) is 4.82. The van der Waals surface area contributed by atoms with Gasteiger partial charge >= 0.3 is 0 Å². The van der Waals surface area contributed by atoms with Gasteiger partial charge in [-0.25, -0.2) is 9.37 Å². The predicted molar refractivity (Wildman–Crippen MR) is 57.6 cm³/mol. The number of rotatable bonds is 7. The summed E-state index contributed by atoms with van der Waals surface area (Å²) in [4.78, 5) is 7.22. The van der Waals surface area contributed by atoms with Crippen LogP contribution < -0.4 is 11.1 Å². The number of halogens is 1. The summed E-state index contributed by atoms with van der Waals surface area (Å²) in [5, 5.41) is 2.76. The first-order chi connectivity index (χ1) is 7.74. The average Bonchev–Trinajstić information content (AvgIpc) is 2.28. The van der Waals surface area contributed by atoms with Gasteiger partial charge in [-0.15, -0.1) is 0 Å². The number of nitrogens with one attached hydrogen (secondary N) is 1. The van der Waals surface area contributed by atoms with E-state index >= 15 is 0 Å². The van der Waals surface area contributed by atoms with Crippen molar-refractivity contribution in [3.05, 3.63) is 12.0 Å². The Labute approximate surface area is 93.0 Å². The lowest BCUT2D eigenvalue weighted by Crippen LogP contribution is -2.14. The molecule has 6 nitrogen and oxygen atoms in total. The topological polar surface area (TPSA) is 82.3 Å². The lowest BCUT2D eigenvalue weighted by Gasteiger charge is -2.07.